The summed E-state index contributed by atoms with van der Waals surface area (Å²) >= 11 is 1.20. The van der Waals surface area contributed by atoms with E-state index < -0.39 is 18.0 Å². The van der Waals surface area contributed by atoms with Crippen molar-refractivity contribution < 1.29 is 23.5 Å². The molecule has 0 radical (unpaired) electrons. The molecule has 35 heavy (non-hydrogen) atoms. The maximum Gasteiger partial charge on any atom is 0.337 e. The number of hydrogen-bond acceptors (Lipinski definition) is 8. The van der Waals surface area contributed by atoms with Gasteiger partial charge in [-0.2, -0.15) is 4.98 Å². The molecule has 11 heteroatoms. The van der Waals surface area contributed by atoms with Crippen molar-refractivity contribution in [3.63, 3.8) is 0 Å². The topological polar surface area (TPSA) is 135 Å². The number of thioether (sulfide) groups is 1. The summed E-state index contributed by atoms with van der Waals surface area (Å²) in [6.07, 6.45) is 0. The number of aryl methyl sites for hydroxylation is 2. The summed E-state index contributed by atoms with van der Waals surface area (Å²) in [5.74, 6) is 0.364. The van der Waals surface area contributed by atoms with Crippen molar-refractivity contribution >= 4 is 46.6 Å². The van der Waals surface area contributed by atoms with E-state index in [2.05, 4.69) is 25.9 Å². The second-order valence-electron chi connectivity index (χ2n) is 7.86. The molecule has 3 N–H and O–H groups in total. The number of carbonyl (C=O) groups excluding carboxylic acids is 3. The highest BCUT2D eigenvalue weighted by molar-refractivity contribution is 7.99. The highest BCUT2D eigenvalue weighted by Gasteiger charge is 2.30. The van der Waals surface area contributed by atoms with Crippen LogP contribution in [0, 0.1) is 13.8 Å². The van der Waals surface area contributed by atoms with E-state index in [1.54, 1.807) is 38.1 Å². The zero-order valence-electron chi connectivity index (χ0n) is 19.7. The van der Waals surface area contributed by atoms with Crippen LogP contribution in [0.2, 0.25) is 0 Å². The smallest absolute Gasteiger partial charge is 0.337 e. The van der Waals surface area contributed by atoms with Gasteiger partial charge in [0.05, 0.1) is 23.6 Å². The third-order valence-electron chi connectivity index (χ3n) is 5.49. The lowest BCUT2D eigenvalue weighted by Gasteiger charge is -2.26. The van der Waals surface area contributed by atoms with Crippen molar-refractivity contribution in [2.24, 2.45) is 0 Å². The summed E-state index contributed by atoms with van der Waals surface area (Å²) in [6, 6.07) is 7.88. The Bertz CT molecular complexity index is 1340. The predicted molar refractivity (Wildman–Crippen MR) is 131 cm³/mol. The molecule has 0 bridgehead atoms. The SMILES string of the molecule is CCOC(=O)C1=C(CSc2nc(NC(=O)c3ccccc3)c3c(C)c(C)oc3n2)NC(=O)N[C@@H]1C. The van der Waals surface area contributed by atoms with E-state index >= 15 is 0 Å². The molecular formula is C24H25N5O5S. The molecule has 1 atom stereocenters. The van der Waals surface area contributed by atoms with Crippen LogP contribution in [0.5, 0.6) is 0 Å². The van der Waals surface area contributed by atoms with Crippen molar-refractivity contribution in [3.8, 4) is 0 Å². The van der Waals surface area contributed by atoms with Crippen LogP contribution in [0.4, 0.5) is 10.6 Å². The monoisotopic (exact) mass is 495 g/mol. The number of hydrogen-bond donors (Lipinski definition) is 3. The number of nitrogens with one attached hydrogen (secondary N) is 3. The average molecular weight is 496 g/mol. The Kier molecular flexibility index (Phi) is 7.06. The molecule has 0 spiro atoms. The first-order valence-electron chi connectivity index (χ1n) is 11.0. The molecule has 0 unspecified atom stereocenters. The van der Waals surface area contributed by atoms with Crippen LogP contribution in [0.3, 0.4) is 0 Å². The number of urea groups is 1. The highest BCUT2D eigenvalue weighted by atomic mass is 32.2. The van der Waals surface area contributed by atoms with Gasteiger partial charge in [-0.1, -0.05) is 30.0 Å². The van der Waals surface area contributed by atoms with Crippen LogP contribution >= 0.6 is 11.8 Å². The Labute approximate surface area is 205 Å². The molecule has 4 rings (SSSR count). The van der Waals surface area contributed by atoms with E-state index in [1.807, 2.05) is 19.9 Å². The van der Waals surface area contributed by atoms with Crippen LogP contribution in [-0.2, 0) is 9.53 Å². The number of anilines is 1. The number of furan rings is 1. The van der Waals surface area contributed by atoms with Crippen LogP contribution < -0.4 is 16.0 Å². The third kappa shape index (κ3) is 5.14. The lowest BCUT2D eigenvalue weighted by atomic mass is 10.1. The number of carbonyl (C=O) groups is 3. The molecule has 0 fully saturated rings. The zero-order chi connectivity index (χ0) is 25.1. The number of fused-ring (bicyclic) bond motifs is 1. The zero-order valence-corrected chi connectivity index (χ0v) is 20.5. The molecule has 0 aliphatic carbocycles. The van der Waals surface area contributed by atoms with Crippen molar-refractivity contribution in [1.82, 2.24) is 20.6 Å². The van der Waals surface area contributed by atoms with Crippen LogP contribution in [0.15, 0.2) is 51.2 Å². The van der Waals surface area contributed by atoms with Gasteiger partial charge in [-0.3, -0.25) is 4.79 Å². The molecule has 3 amide bonds. The summed E-state index contributed by atoms with van der Waals surface area (Å²) in [5.41, 5.74) is 2.40. The third-order valence-corrected chi connectivity index (χ3v) is 6.36. The minimum absolute atomic E-state index is 0.197. The number of ether oxygens (including phenoxy) is 1. The van der Waals surface area contributed by atoms with E-state index in [-0.39, 0.29) is 18.3 Å². The number of benzene rings is 1. The Morgan fingerprint density at radius 3 is 2.66 bits per heavy atom. The standard InChI is InChI=1S/C24H25N5O5S/c1-5-33-22(31)18-13(3)25-23(32)26-16(18)11-35-24-28-19(17-12(2)14(4)34-21(17)29-24)27-20(30)15-9-7-6-8-10-15/h6-10,13H,5,11H2,1-4H3,(H2,25,26,32)(H,27,28,29,30)/t13-/m1/s1. The molecule has 1 aliphatic heterocycles. The van der Waals surface area contributed by atoms with Gasteiger partial charge >= 0.3 is 12.0 Å². The van der Waals surface area contributed by atoms with E-state index in [4.69, 9.17) is 9.15 Å². The highest BCUT2D eigenvalue weighted by Crippen LogP contribution is 2.32. The largest absolute Gasteiger partial charge is 0.463 e. The molecule has 182 valence electrons. The number of esters is 1. The molecule has 2 aromatic heterocycles. The van der Waals surface area contributed by atoms with Gasteiger partial charge in [0.2, 0.25) is 5.71 Å². The first kappa shape index (κ1) is 24.3. The van der Waals surface area contributed by atoms with Gasteiger partial charge in [-0.05, 0) is 39.8 Å². The van der Waals surface area contributed by atoms with Crippen molar-refractivity contribution in [2.75, 3.05) is 17.7 Å². The number of nitrogens with zero attached hydrogens (tertiary/aromatic N) is 2. The Balaban J connectivity index is 1.66. The second kappa shape index (κ2) is 10.2. The quantitative estimate of drug-likeness (QED) is 0.256. The molecule has 3 heterocycles. The average Bonchev–Trinajstić information content (AvgIpc) is 3.11. The number of aromatic nitrogens is 2. The van der Waals surface area contributed by atoms with Crippen molar-refractivity contribution in [1.29, 1.82) is 0 Å². The minimum Gasteiger partial charge on any atom is -0.463 e. The van der Waals surface area contributed by atoms with Gasteiger partial charge in [0, 0.05) is 22.6 Å². The van der Waals surface area contributed by atoms with E-state index in [1.165, 1.54) is 11.8 Å². The van der Waals surface area contributed by atoms with Crippen molar-refractivity contribution in [2.45, 2.75) is 38.9 Å². The predicted octanol–water partition coefficient (Wildman–Crippen LogP) is 3.70. The second-order valence-corrected chi connectivity index (χ2v) is 8.80. The normalized spacial score (nSPS) is 15.5. The van der Waals surface area contributed by atoms with Crippen LogP contribution in [-0.4, -0.2) is 46.3 Å². The van der Waals surface area contributed by atoms with Gasteiger partial charge in [-0.25, -0.2) is 14.6 Å². The Morgan fingerprint density at radius 2 is 1.94 bits per heavy atom. The summed E-state index contributed by atoms with van der Waals surface area (Å²) in [5, 5.41) is 9.14. The fourth-order valence-electron chi connectivity index (χ4n) is 3.68. The molecule has 0 saturated heterocycles. The lowest BCUT2D eigenvalue weighted by Crippen LogP contribution is -2.49. The first-order chi connectivity index (χ1) is 16.8. The molecule has 10 nitrogen and oxygen atoms in total. The van der Waals surface area contributed by atoms with Crippen LogP contribution in [0.25, 0.3) is 11.1 Å². The van der Waals surface area contributed by atoms with Gasteiger partial charge in [-0.15, -0.1) is 0 Å². The molecule has 1 aromatic carbocycles. The first-order valence-corrected chi connectivity index (χ1v) is 12.0. The molecule has 3 aromatic rings. The summed E-state index contributed by atoms with van der Waals surface area (Å²) in [7, 11) is 0. The van der Waals surface area contributed by atoms with Gasteiger partial charge in [0.25, 0.3) is 5.91 Å². The van der Waals surface area contributed by atoms with Gasteiger partial charge in [0.1, 0.15) is 11.6 Å². The fourth-order valence-corrected chi connectivity index (χ4v) is 4.49. The maximum atomic E-state index is 12.8. The molecular weight excluding hydrogens is 470 g/mol. The van der Waals surface area contributed by atoms with E-state index in [9.17, 15) is 14.4 Å². The maximum absolute atomic E-state index is 12.8. The minimum atomic E-state index is -0.516. The Morgan fingerprint density at radius 1 is 1.20 bits per heavy atom. The summed E-state index contributed by atoms with van der Waals surface area (Å²) in [4.78, 5) is 46.4. The van der Waals surface area contributed by atoms with Gasteiger partial charge in [0.15, 0.2) is 5.16 Å². The number of rotatable bonds is 7. The molecule has 0 saturated carbocycles. The van der Waals surface area contributed by atoms with Crippen molar-refractivity contribution in [3.05, 3.63) is 58.5 Å². The fraction of sp³-hybridized carbons (Fsp3) is 0.292. The van der Waals surface area contributed by atoms with E-state index in [0.717, 1.165) is 5.56 Å². The molecule has 1 aliphatic rings. The summed E-state index contributed by atoms with van der Waals surface area (Å²) in [6.45, 7) is 7.33. The lowest BCUT2D eigenvalue weighted by molar-refractivity contribution is -0.138. The van der Waals surface area contributed by atoms with E-state index in [0.29, 0.717) is 44.7 Å². The number of amides is 3. The van der Waals surface area contributed by atoms with Crippen LogP contribution in [0.1, 0.15) is 35.5 Å². The van der Waals surface area contributed by atoms with Gasteiger partial charge < -0.3 is 25.1 Å². The Hall–Kier alpha value is -3.86. The summed E-state index contributed by atoms with van der Waals surface area (Å²) < 4.78 is 11.0.